The average Bonchev–Trinajstić information content (AvgIpc) is 3.06. The molecular formula is C17H20BrN3O3S2. The van der Waals surface area contributed by atoms with Crippen LogP contribution < -0.4 is 4.72 Å². The monoisotopic (exact) mass is 457 g/mol. The van der Waals surface area contributed by atoms with Gasteiger partial charge in [0, 0.05) is 43.2 Å². The lowest BCUT2D eigenvalue weighted by Gasteiger charge is -2.34. The maximum absolute atomic E-state index is 12.6. The maximum atomic E-state index is 12.6. The molecule has 0 spiro atoms. The van der Waals surface area contributed by atoms with Crippen molar-refractivity contribution in [2.45, 2.75) is 11.4 Å². The van der Waals surface area contributed by atoms with E-state index in [1.54, 1.807) is 23.5 Å². The first-order valence-electron chi connectivity index (χ1n) is 8.18. The van der Waals surface area contributed by atoms with Gasteiger partial charge in [0.1, 0.15) is 0 Å². The molecule has 1 fully saturated rings. The van der Waals surface area contributed by atoms with Crippen LogP contribution in [0, 0.1) is 0 Å². The summed E-state index contributed by atoms with van der Waals surface area (Å²) in [6.07, 6.45) is 0. The Kier molecular flexibility index (Phi) is 6.13. The number of thiophene rings is 1. The molecule has 0 unspecified atom stereocenters. The van der Waals surface area contributed by atoms with Crippen molar-refractivity contribution in [3.8, 4) is 0 Å². The molecular weight excluding hydrogens is 438 g/mol. The highest BCUT2D eigenvalue weighted by Gasteiger charge is 2.23. The van der Waals surface area contributed by atoms with E-state index in [1.165, 1.54) is 24.1 Å². The van der Waals surface area contributed by atoms with Crippen LogP contribution in [-0.4, -0.2) is 57.4 Å². The Morgan fingerprint density at radius 3 is 2.31 bits per heavy atom. The third-order valence-electron chi connectivity index (χ3n) is 4.35. The smallest absolute Gasteiger partial charge is 0.253 e. The van der Waals surface area contributed by atoms with E-state index in [0.29, 0.717) is 18.7 Å². The first-order valence-corrected chi connectivity index (χ1v) is 11.3. The van der Waals surface area contributed by atoms with Gasteiger partial charge < -0.3 is 4.90 Å². The second kappa shape index (κ2) is 8.18. The average molecular weight is 458 g/mol. The number of carbonyl (C=O) groups is 1. The topological polar surface area (TPSA) is 69.7 Å². The molecule has 6 nitrogen and oxygen atoms in total. The Morgan fingerprint density at radius 2 is 1.77 bits per heavy atom. The van der Waals surface area contributed by atoms with Crippen molar-refractivity contribution in [3.63, 3.8) is 0 Å². The van der Waals surface area contributed by atoms with Crippen LogP contribution in [0.1, 0.15) is 15.2 Å². The Bertz CT molecular complexity index is 873. The molecule has 1 N–H and O–H groups in total. The Hall–Kier alpha value is -1.26. The highest BCUT2D eigenvalue weighted by Crippen LogP contribution is 2.23. The van der Waals surface area contributed by atoms with E-state index in [9.17, 15) is 13.2 Å². The Labute approximate surface area is 166 Å². The number of nitrogens with one attached hydrogen (secondary N) is 1. The molecule has 0 aliphatic carbocycles. The van der Waals surface area contributed by atoms with Crippen molar-refractivity contribution in [1.82, 2.24) is 14.5 Å². The molecule has 0 saturated carbocycles. The summed E-state index contributed by atoms with van der Waals surface area (Å²) < 4.78 is 26.9. The van der Waals surface area contributed by atoms with Crippen molar-refractivity contribution in [3.05, 3.63) is 50.6 Å². The summed E-state index contributed by atoms with van der Waals surface area (Å²) in [5.74, 6) is -0.0584. The number of benzene rings is 1. The quantitative estimate of drug-likeness (QED) is 0.747. The van der Waals surface area contributed by atoms with E-state index >= 15 is 0 Å². The number of amides is 1. The van der Waals surface area contributed by atoms with Crippen LogP contribution in [0.4, 0.5) is 0 Å². The first kappa shape index (κ1) is 19.5. The molecule has 1 aliphatic rings. The highest BCUT2D eigenvalue weighted by molar-refractivity contribution is 9.11. The maximum Gasteiger partial charge on any atom is 0.253 e. The minimum Gasteiger partial charge on any atom is -0.336 e. The second-order valence-corrected chi connectivity index (χ2v) is 10.4. The zero-order valence-corrected chi connectivity index (χ0v) is 17.5. The van der Waals surface area contributed by atoms with Gasteiger partial charge in [-0.1, -0.05) is 0 Å². The Morgan fingerprint density at radius 1 is 1.12 bits per heavy atom. The molecule has 1 amide bonds. The van der Waals surface area contributed by atoms with E-state index in [-0.39, 0.29) is 10.8 Å². The molecule has 2 aromatic rings. The van der Waals surface area contributed by atoms with Gasteiger partial charge in [0.05, 0.1) is 8.68 Å². The summed E-state index contributed by atoms with van der Waals surface area (Å²) in [6, 6.07) is 10.2. The van der Waals surface area contributed by atoms with Crippen LogP contribution in [0.3, 0.4) is 0 Å². The van der Waals surface area contributed by atoms with Crippen LogP contribution in [0.15, 0.2) is 45.1 Å². The Balaban J connectivity index is 1.58. The first-order chi connectivity index (χ1) is 12.4. The zero-order chi connectivity index (χ0) is 18.7. The number of rotatable bonds is 5. The lowest BCUT2D eigenvalue weighted by molar-refractivity contribution is 0.0629. The van der Waals surface area contributed by atoms with E-state index in [2.05, 4.69) is 37.7 Å². The fraction of sp³-hybridized carbons (Fsp3) is 0.353. The van der Waals surface area contributed by atoms with Crippen molar-refractivity contribution in [2.24, 2.45) is 0 Å². The van der Waals surface area contributed by atoms with Crippen molar-refractivity contribution in [2.75, 3.05) is 33.2 Å². The van der Waals surface area contributed by atoms with Crippen molar-refractivity contribution < 1.29 is 13.2 Å². The van der Waals surface area contributed by atoms with Crippen LogP contribution in [0.5, 0.6) is 0 Å². The number of carbonyl (C=O) groups excluding carboxylic acids is 1. The standard InChI is InChI=1S/C17H20BrN3O3S2/c1-19-26(23,24)15-5-2-13(3-6-15)17(22)21-10-8-20(9-11-21)12-14-4-7-16(18)25-14/h2-7,19H,8-12H2,1H3. The highest BCUT2D eigenvalue weighted by atomic mass is 79.9. The molecule has 1 saturated heterocycles. The minimum absolute atomic E-state index is 0.0584. The van der Waals surface area contributed by atoms with Gasteiger partial charge in [0.15, 0.2) is 0 Å². The summed E-state index contributed by atoms with van der Waals surface area (Å²) in [4.78, 5) is 18.3. The van der Waals surface area contributed by atoms with E-state index < -0.39 is 10.0 Å². The zero-order valence-electron chi connectivity index (χ0n) is 14.3. The van der Waals surface area contributed by atoms with Crippen LogP contribution in [0.2, 0.25) is 0 Å². The molecule has 140 valence electrons. The predicted molar refractivity (Wildman–Crippen MR) is 106 cm³/mol. The molecule has 9 heteroatoms. The molecule has 1 aromatic carbocycles. The lowest BCUT2D eigenvalue weighted by Crippen LogP contribution is -2.48. The lowest BCUT2D eigenvalue weighted by atomic mass is 10.2. The number of hydrogen-bond donors (Lipinski definition) is 1. The SMILES string of the molecule is CNS(=O)(=O)c1ccc(C(=O)N2CCN(Cc3ccc(Br)s3)CC2)cc1. The fourth-order valence-electron chi connectivity index (χ4n) is 2.84. The van der Waals surface area contributed by atoms with Gasteiger partial charge in [-0.05, 0) is 59.4 Å². The van der Waals surface area contributed by atoms with E-state index in [4.69, 9.17) is 0 Å². The third-order valence-corrected chi connectivity index (χ3v) is 7.39. The normalized spacial score (nSPS) is 16.0. The largest absolute Gasteiger partial charge is 0.336 e. The van der Waals surface area contributed by atoms with Crippen LogP contribution >= 0.6 is 27.3 Å². The van der Waals surface area contributed by atoms with Gasteiger partial charge in [-0.2, -0.15) is 0 Å². The van der Waals surface area contributed by atoms with Gasteiger partial charge >= 0.3 is 0 Å². The summed E-state index contributed by atoms with van der Waals surface area (Å²) in [7, 11) is -2.12. The van der Waals surface area contributed by atoms with E-state index in [0.717, 1.165) is 23.4 Å². The van der Waals surface area contributed by atoms with Gasteiger partial charge in [-0.15, -0.1) is 11.3 Å². The molecule has 0 radical (unpaired) electrons. The third kappa shape index (κ3) is 4.52. The summed E-state index contributed by atoms with van der Waals surface area (Å²) >= 11 is 5.21. The summed E-state index contributed by atoms with van der Waals surface area (Å²) in [5, 5.41) is 0. The van der Waals surface area contributed by atoms with Gasteiger partial charge in [-0.25, -0.2) is 13.1 Å². The molecule has 26 heavy (non-hydrogen) atoms. The second-order valence-electron chi connectivity index (χ2n) is 6.01. The molecule has 3 rings (SSSR count). The summed E-state index contributed by atoms with van der Waals surface area (Å²) in [5.41, 5.74) is 0.510. The number of hydrogen-bond acceptors (Lipinski definition) is 5. The molecule has 2 heterocycles. The predicted octanol–water partition coefficient (Wildman–Crippen LogP) is 2.38. The summed E-state index contributed by atoms with van der Waals surface area (Å²) in [6.45, 7) is 3.89. The number of piperazine rings is 1. The molecule has 1 aromatic heterocycles. The minimum atomic E-state index is -3.48. The number of nitrogens with zero attached hydrogens (tertiary/aromatic N) is 2. The molecule has 1 aliphatic heterocycles. The van der Waals surface area contributed by atoms with Crippen molar-refractivity contribution in [1.29, 1.82) is 0 Å². The number of sulfonamides is 1. The fourth-order valence-corrected chi connectivity index (χ4v) is 5.10. The van der Waals surface area contributed by atoms with E-state index in [1.807, 2.05) is 4.90 Å². The van der Waals surface area contributed by atoms with Gasteiger partial charge in [0.25, 0.3) is 5.91 Å². The van der Waals surface area contributed by atoms with Gasteiger partial charge in [-0.3, -0.25) is 9.69 Å². The molecule has 0 bridgehead atoms. The van der Waals surface area contributed by atoms with Crippen LogP contribution in [0.25, 0.3) is 0 Å². The van der Waals surface area contributed by atoms with Gasteiger partial charge in [0.2, 0.25) is 10.0 Å². The molecule has 0 atom stereocenters. The van der Waals surface area contributed by atoms with Crippen molar-refractivity contribution >= 4 is 43.2 Å². The number of halogens is 1. The van der Waals surface area contributed by atoms with Crippen LogP contribution in [-0.2, 0) is 16.6 Å².